The molecule has 1 aromatic heterocycles. The van der Waals surface area contributed by atoms with E-state index in [-0.39, 0.29) is 18.0 Å². The Morgan fingerprint density at radius 3 is 2.71 bits per heavy atom. The molecule has 1 atom stereocenters. The summed E-state index contributed by atoms with van der Waals surface area (Å²) in [6.45, 7) is 4.61. The second-order valence-corrected chi connectivity index (χ2v) is 7.23. The topological polar surface area (TPSA) is 76.7 Å². The Morgan fingerprint density at radius 1 is 1.38 bits per heavy atom. The first-order chi connectivity index (χ1) is 11.5. The molecule has 0 fully saturated rings. The van der Waals surface area contributed by atoms with E-state index in [9.17, 15) is 4.79 Å². The van der Waals surface area contributed by atoms with E-state index in [4.69, 9.17) is 10.5 Å². The number of amidine groups is 1. The predicted molar refractivity (Wildman–Crippen MR) is 97.9 cm³/mol. The highest BCUT2D eigenvalue weighted by molar-refractivity contribution is 7.14. The van der Waals surface area contributed by atoms with Gasteiger partial charge in [0.25, 0.3) is 11.9 Å². The van der Waals surface area contributed by atoms with Crippen molar-refractivity contribution in [2.75, 3.05) is 11.9 Å². The number of benzene rings is 1. The van der Waals surface area contributed by atoms with Crippen molar-refractivity contribution in [3.63, 3.8) is 0 Å². The molecule has 24 heavy (non-hydrogen) atoms. The number of nitrogens with zero attached hydrogens (tertiary/aromatic N) is 1. The standard InChI is InChI=1S/C18H21N3O2S/c1-11-9-16(24-12(11)2)17(22)20-14-6-3-13(4-7-14)5-8-15-10-23-18(19)21-15/h3-4,6-7,9,15H,5,8,10H2,1-2H3,(H2,19,21)(H,20,22)/t15-/m0/s1. The monoisotopic (exact) mass is 343 g/mol. The van der Waals surface area contributed by atoms with E-state index < -0.39 is 0 Å². The van der Waals surface area contributed by atoms with Gasteiger partial charge in [-0.2, -0.15) is 0 Å². The van der Waals surface area contributed by atoms with Gasteiger partial charge in [0, 0.05) is 10.6 Å². The highest BCUT2D eigenvalue weighted by Crippen LogP contribution is 2.22. The van der Waals surface area contributed by atoms with Crippen molar-refractivity contribution in [1.29, 1.82) is 0 Å². The van der Waals surface area contributed by atoms with E-state index in [0.29, 0.717) is 6.61 Å². The Kier molecular flexibility index (Phi) is 4.85. The van der Waals surface area contributed by atoms with Gasteiger partial charge in [0.05, 0.1) is 10.9 Å². The number of rotatable bonds is 5. The summed E-state index contributed by atoms with van der Waals surface area (Å²) in [5.74, 6) is -0.0585. The van der Waals surface area contributed by atoms with Gasteiger partial charge in [-0.3, -0.25) is 4.79 Å². The molecule has 0 saturated carbocycles. The van der Waals surface area contributed by atoms with Gasteiger partial charge in [-0.25, -0.2) is 4.99 Å². The van der Waals surface area contributed by atoms with E-state index >= 15 is 0 Å². The number of anilines is 1. The molecular formula is C18H21N3O2S. The van der Waals surface area contributed by atoms with Crippen LogP contribution in [0, 0.1) is 13.8 Å². The van der Waals surface area contributed by atoms with Gasteiger partial charge in [0.15, 0.2) is 0 Å². The summed E-state index contributed by atoms with van der Waals surface area (Å²) in [4.78, 5) is 18.4. The van der Waals surface area contributed by atoms with E-state index in [1.165, 1.54) is 21.8 Å². The summed E-state index contributed by atoms with van der Waals surface area (Å²) in [6, 6.07) is 10.3. The number of nitrogens with two attached hydrogens (primary N) is 1. The maximum Gasteiger partial charge on any atom is 0.282 e. The molecule has 2 aromatic rings. The van der Waals surface area contributed by atoms with Gasteiger partial charge in [0.2, 0.25) is 0 Å². The summed E-state index contributed by atoms with van der Waals surface area (Å²) < 4.78 is 5.15. The number of hydrogen-bond acceptors (Lipinski definition) is 5. The zero-order valence-electron chi connectivity index (χ0n) is 13.8. The number of aryl methyl sites for hydroxylation is 3. The van der Waals surface area contributed by atoms with E-state index in [1.54, 1.807) is 0 Å². The number of carbonyl (C=O) groups excluding carboxylic acids is 1. The molecule has 5 nitrogen and oxygen atoms in total. The van der Waals surface area contributed by atoms with Crippen LogP contribution in [0.3, 0.4) is 0 Å². The van der Waals surface area contributed by atoms with Crippen LogP contribution in [-0.4, -0.2) is 24.6 Å². The molecule has 1 amide bonds. The Hall–Kier alpha value is -2.34. The summed E-state index contributed by atoms with van der Waals surface area (Å²) in [7, 11) is 0. The molecule has 1 aromatic carbocycles. The quantitative estimate of drug-likeness (QED) is 0.875. The lowest BCUT2D eigenvalue weighted by Gasteiger charge is -2.07. The molecule has 1 aliphatic rings. The Balaban J connectivity index is 1.55. The molecule has 3 N–H and O–H groups in total. The molecule has 0 unspecified atom stereocenters. The third-order valence-electron chi connectivity index (χ3n) is 4.10. The zero-order chi connectivity index (χ0) is 17.1. The molecule has 3 rings (SSSR count). The number of aliphatic imine (C=N–C) groups is 1. The summed E-state index contributed by atoms with van der Waals surface area (Å²) in [5.41, 5.74) is 8.67. The van der Waals surface area contributed by atoms with Gasteiger partial charge in [-0.05, 0) is 56.0 Å². The molecule has 0 aliphatic carbocycles. The summed E-state index contributed by atoms with van der Waals surface area (Å²) >= 11 is 1.52. The molecule has 2 heterocycles. The molecule has 126 valence electrons. The largest absolute Gasteiger partial charge is 0.463 e. The minimum absolute atomic E-state index is 0.0585. The van der Waals surface area contributed by atoms with Gasteiger partial charge < -0.3 is 15.8 Å². The highest BCUT2D eigenvalue weighted by atomic mass is 32.1. The van der Waals surface area contributed by atoms with Crippen molar-refractivity contribution in [3.05, 3.63) is 51.2 Å². The van der Waals surface area contributed by atoms with Crippen molar-refractivity contribution in [2.24, 2.45) is 10.7 Å². The van der Waals surface area contributed by atoms with Gasteiger partial charge in [0.1, 0.15) is 6.61 Å². The Labute approximate surface area is 145 Å². The summed E-state index contributed by atoms with van der Waals surface area (Å²) in [5, 5.41) is 2.94. The van der Waals surface area contributed by atoms with Crippen molar-refractivity contribution >= 4 is 29.0 Å². The molecule has 0 spiro atoms. The van der Waals surface area contributed by atoms with Crippen LogP contribution in [0.4, 0.5) is 5.69 Å². The normalized spacial score (nSPS) is 16.6. The van der Waals surface area contributed by atoms with Crippen molar-refractivity contribution in [2.45, 2.75) is 32.7 Å². The minimum Gasteiger partial charge on any atom is -0.463 e. The highest BCUT2D eigenvalue weighted by Gasteiger charge is 2.16. The predicted octanol–water partition coefficient (Wildman–Crippen LogP) is 3.26. The number of ether oxygens (including phenoxy) is 1. The molecule has 0 saturated heterocycles. The maximum absolute atomic E-state index is 12.3. The van der Waals surface area contributed by atoms with Crippen LogP contribution in [0.2, 0.25) is 0 Å². The van der Waals surface area contributed by atoms with Crippen molar-refractivity contribution < 1.29 is 9.53 Å². The lowest BCUT2D eigenvalue weighted by Crippen LogP contribution is -2.10. The number of amides is 1. The van der Waals surface area contributed by atoms with Gasteiger partial charge >= 0.3 is 0 Å². The third-order valence-corrected chi connectivity index (χ3v) is 5.25. The van der Waals surface area contributed by atoms with Crippen LogP contribution in [0.15, 0.2) is 35.3 Å². The number of nitrogens with one attached hydrogen (secondary N) is 1. The average Bonchev–Trinajstić information content (AvgIpc) is 3.13. The Morgan fingerprint density at radius 2 is 2.12 bits per heavy atom. The summed E-state index contributed by atoms with van der Waals surface area (Å²) in [6.07, 6.45) is 1.81. The fourth-order valence-electron chi connectivity index (χ4n) is 2.55. The van der Waals surface area contributed by atoms with Gasteiger partial charge in [-0.15, -0.1) is 11.3 Å². The van der Waals surface area contributed by atoms with Crippen LogP contribution < -0.4 is 11.1 Å². The number of hydrogen-bond donors (Lipinski definition) is 2. The van der Waals surface area contributed by atoms with Crippen molar-refractivity contribution in [1.82, 2.24) is 0 Å². The minimum atomic E-state index is -0.0585. The molecule has 0 radical (unpaired) electrons. The lowest BCUT2D eigenvalue weighted by atomic mass is 10.1. The molecule has 1 aliphatic heterocycles. The smallest absolute Gasteiger partial charge is 0.282 e. The van der Waals surface area contributed by atoms with Crippen LogP contribution in [-0.2, 0) is 11.2 Å². The third kappa shape index (κ3) is 3.94. The fraction of sp³-hybridized carbons (Fsp3) is 0.333. The van der Waals surface area contributed by atoms with Crippen LogP contribution in [0.5, 0.6) is 0 Å². The first-order valence-electron chi connectivity index (χ1n) is 7.94. The number of carbonyl (C=O) groups is 1. The van der Waals surface area contributed by atoms with Crippen molar-refractivity contribution in [3.8, 4) is 0 Å². The molecular weight excluding hydrogens is 322 g/mol. The molecule has 0 bridgehead atoms. The maximum atomic E-state index is 12.3. The second-order valence-electron chi connectivity index (χ2n) is 5.97. The van der Waals surface area contributed by atoms with E-state index in [0.717, 1.165) is 29.0 Å². The lowest BCUT2D eigenvalue weighted by molar-refractivity contribution is 0.103. The fourth-order valence-corrected chi connectivity index (χ4v) is 3.48. The number of thiophene rings is 1. The van der Waals surface area contributed by atoms with Crippen LogP contribution in [0.25, 0.3) is 0 Å². The van der Waals surface area contributed by atoms with Gasteiger partial charge in [-0.1, -0.05) is 12.1 Å². The average molecular weight is 343 g/mol. The SMILES string of the molecule is Cc1cc(C(=O)Nc2ccc(CC[C@H]3COC(N)=N3)cc2)sc1C. The van der Waals surface area contributed by atoms with E-state index in [1.807, 2.05) is 44.2 Å². The Bertz CT molecular complexity index is 746. The van der Waals surface area contributed by atoms with E-state index in [2.05, 4.69) is 10.3 Å². The first-order valence-corrected chi connectivity index (χ1v) is 8.76. The zero-order valence-corrected chi connectivity index (χ0v) is 14.7. The first kappa shape index (κ1) is 16.5. The van der Waals surface area contributed by atoms with Crippen LogP contribution in [0.1, 0.15) is 32.1 Å². The second kappa shape index (κ2) is 7.05. The van der Waals surface area contributed by atoms with Crippen LogP contribution >= 0.6 is 11.3 Å². The molecule has 6 heteroatoms.